The van der Waals surface area contributed by atoms with Crippen LogP contribution in [0.25, 0.3) is 0 Å². The summed E-state index contributed by atoms with van der Waals surface area (Å²) in [7, 11) is -0.785. The second-order valence-electron chi connectivity index (χ2n) is 7.59. The van der Waals surface area contributed by atoms with Crippen LogP contribution in [0.2, 0.25) is 0 Å². The lowest BCUT2D eigenvalue weighted by Crippen LogP contribution is -2.34. The molecule has 0 aliphatic rings. The number of rotatable bonds is 13. The van der Waals surface area contributed by atoms with Crippen molar-refractivity contribution in [3.05, 3.63) is 48.0 Å². The molecule has 0 saturated heterocycles. The van der Waals surface area contributed by atoms with Gasteiger partial charge in [0.15, 0.2) is 11.5 Å². The van der Waals surface area contributed by atoms with Crippen molar-refractivity contribution < 1.29 is 32.2 Å². The van der Waals surface area contributed by atoms with E-state index >= 15 is 0 Å². The molecule has 0 fully saturated rings. The van der Waals surface area contributed by atoms with E-state index in [1.165, 1.54) is 7.11 Å². The number of nitrogens with one attached hydrogen (secondary N) is 2. The first-order valence-corrected chi connectivity index (χ1v) is 12.1. The van der Waals surface area contributed by atoms with Crippen LogP contribution in [-0.2, 0) is 19.6 Å². The molecule has 1 atom stereocenters. The smallest absolute Gasteiger partial charge is 0.241 e. The highest BCUT2D eigenvalue weighted by Crippen LogP contribution is 2.30. The Morgan fingerprint density at radius 3 is 2.27 bits per heavy atom. The number of hydrogen-bond donors (Lipinski definition) is 2. The predicted octanol–water partition coefficient (Wildman–Crippen LogP) is 3.13. The minimum atomic E-state index is -3.89. The molecule has 2 rings (SSSR count). The maximum atomic E-state index is 12.4. The van der Waals surface area contributed by atoms with E-state index in [1.807, 2.05) is 13.8 Å². The van der Waals surface area contributed by atoms with E-state index in [2.05, 4.69) is 10.0 Å². The molecule has 2 N–H and O–H groups in total. The molecule has 2 aromatic rings. The molecule has 0 saturated carbocycles. The molecule has 0 aliphatic carbocycles. The van der Waals surface area contributed by atoms with Gasteiger partial charge in [-0.05, 0) is 62.7 Å². The van der Waals surface area contributed by atoms with Crippen molar-refractivity contribution in [1.29, 1.82) is 0 Å². The maximum Gasteiger partial charge on any atom is 0.241 e. The Balaban J connectivity index is 1.95. The zero-order chi connectivity index (χ0) is 24.4. The lowest BCUT2D eigenvalue weighted by molar-refractivity contribution is -0.119. The Morgan fingerprint density at radius 1 is 0.970 bits per heavy atom. The fraction of sp³-hybridized carbons (Fsp3) is 0.435. The molecule has 9 nitrogen and oxygen atoms in total. The Morgan fingerprint density at radius 2 is 1.67 bits per heavy atom. The summed E-state index contributed by atoms with van der Waals surface area (Å²) in [5.41, 5.74) is 1.09. The Kier molecular flexibility index (Phi) is 9.80. The van der Waals surface area contributed by atoms with Gasteiger partial charge < -0.3 is 24.3 Å². The van der Waals surface area contributed by atoms with Crippen LogP contribution in [0.15, 0.2) is 42.5 Å². The lowest BCUT2D eigenvalue weighted by Gasteiger charge is -2.17. The summed E-state index contributed by atoms with van der Waals surface area (Å²) in [5.74, 6) is 0.341. The molecule has 10 heteroatoms. The summed E-state index contributed by atoms with van der Waals surface area (Å²) in [6.07, 6.45) is 0.0117. The van der Waals surface area contributed by atoms with Crippen LogP contribution < -0.4 is 24.2 Å². The molecule has 0 spiro atoms. The average Bonchev–Trinajstić information content (AvgIpc) is 2.74. The van der Waals surface area contributed by atoms with E-state index < -0.39 is 27.7 Å². The van der Waals surface area contributed by atoms with Crippen molar-refractivity contribution in [3.63, 3.8) is 0 Å². The SMILES string of the molecule is COCCOc1ccc(C(C)NC(=O)CS(=O)(=O)Nc2ccc(OC(C)C)cc2)cc1OC. The highest BCUT2D eigenvalue weighted by Gasteiger charge is 2.19. The predicted molar refractivity (Wildman–Crippen MR) is 127 cm³/mol. The van der Waals surface area contributed by atoms with Crippen molar-refractivity contribution >= 4 is 21.6 Å². The standard InChI is InChI=1S/C23H32N2O7S/c1-16(2)32-20-9-7-19(8-10-20)25-33(27,28)15-23(26)24-17(3)18-6-11-21(22(14-18)30-5)31-13-12-29-4/h6-11,14,16-17,25H,12-13,15H2,1-5H3,(H,24,26). The van der Waals surface area contributed by atoms with Crippen molar-refractivity contribution in [3.8, 4) is 17.2 Å². The van der Waals surface area contributed by atoms with Crippen LogP contribution in [0.3, 0.4) is 0 Å². The van der Waals surface area contributed by atoms with Gasteiger partial charge >= 0.3 is 0 Å². The van der Waals surface area contributed by atoms with E-state index in [9.17, 15) is 13.2 Å². The molecule has 0 bridgehead atoms. The third-order valence-electron chi connectivity index (χ3n) is 4.43. The molecular formula is C23H32N2O7S. The summed E-state index contributed by atoms with van der Waals surface area (Å²) in [6, 6.07) is 11.3. The van der Waals surface area contributed by atoms with Gasteiger partial charge in [-0.15, -0.1) is 0 Å². The summed E-state index contributed by atoms with van der Waals surface area (Å²) < 4.78 is 48.7. The Bertz CT molecular complexity index is 1010. The number of carbonyl (C=O) groups is 1. The first kappa shape index (κ1) is 26.3. The molecule has 33 heavy (non-hydrogen) atoms. The van der Waals surface area contributed by atoms with Crippen molar-refractivity contribution in [2.75, 3.05) is 37.9 Å². The largest absolute Gasteiger partial charge is 0.493 e. The summed E-state index contributed by atoms with van der Waals surface area (Å²) in [6.45, 7) is 6.37. The van der Waals surface area contributed by atoms with E-state index in [1.54, 1.807) is 56.5 Å². The van der Waals surface area contributed by atoms with Gasteiger partial charge in [0.1, 0.15) is 18.1 Å². The van der Waals surface area contributed by atoms with Crippen molar-refractivity contribution in [1.82, 2.24) is 5.32 Å². The molecule has 1 amide bonds. The van der Waals surface area contributed by atoms with Crippen molar-refractivity contribution in [2.24, 2.45) is 0 Å². The van der Waals surface area contributed by atoms with Gasteiger partial charge in [-0.2, -0.15) is 0 Å². The topological polar surface area (TPSA) is 112 Å². The van der Waals surface area contributed by atoms with E-state index in [-0.39, 0.29) is 6.10 Å². The molecule has 0 aromatic heterocycles. The molecule has 0 aliphatic heterocycles. The second-order valence-corrected chi connectivity index (χ2v) is 9.32. The van der Waals surface area contributed by atoms with Gasteiger partial charge in [0.2, 0.25) is 15.9 Å². The molecule has 182 valence electrons. The number of ether oxygens (including phenoxy) is 4. The van der Waals surface area contributed by atoms with Crippen LogP contribution in [0.1, 0.15) is 32.4 Å². The molecular weight excluding hydrogens is 448 g/mol. The number of methoxy groups -OCH3 is 2. The fourth-order valence-electron chi connectivity index (χ4n) is 2.94. The van der Waals surface area contributed by atoms with Crippen LogP contribution >= 0.6 is 0 Å². The lowest BCUT2D eigenvalue weighted by atomic mass is 10.1. The van der Waals surface area contributed by atoms with Gasteiger partial charge in [0, 0.05) is 12.8 Å². The van der Waals surface area contributed by atoms with Gasteiger partial charge in [-0.25, -0.2) is 8.42 Å². The van der Waals surface area contributed by atoms with Gasteiger partial charge in [0.25, 0.3) is 0 Å². The zero-order valence-electron chi connectivity index (χ0n) is 19.6. The highest BCUT2D eigenvalue weighted by atomic mass is 32.2. The Labute approximate surface area is 195 Å². The highest BCUT2D eigenvalue weighted by molar-refractivity contribution is 7.93. The number of benzene rings is 2. The number of anilines is 1. The monoisotopic (exact) mass is 480 g/mol. The third kappa shape index (κ3) is 8.82. The van der Waals surface area contributed by atoms with Crippen LogP contribution in [-0.4, -0.2) is 53.6 Å². The van der Waals surface area contributed by atoms with Crippen LogP contribution in [0.5, 0.6) is 17.2 Å². The fourth-order valence-corrected chi connectivity index (χ4v) is 3.93. The number of amides is 1. The van der Waals surface area contributed by atoms with Crippen LogP contribution in [0, 0.1) is 0 Å². The molecule has 0 heterocycles. The van der Waals surface area contributed by atoms with Gasteiger partial charge in [-0.3, -0.25) is 9.52 Å². The minimum absolute atomic E-state index is 0.0117. The normalized spacial score (nSPS) is 12.2. The summed E-state index contributed by atoms with van der Waals surface area (Å²) >= 11 is 0. The number of sulfonamides is 1. The first-order chi connectivity index (χ1) is 15.6. The van der Waals surface area contributed by atoms with Gasteiger partial charge in [-0.1, -0.05) is 6.07 Å². The molecule has 2 aromatic carbocycles. The average molecular weight is 481 g/mol. The quantitative estimate of drug-likeness (QED) is 0.424. The summed E-state index contributed by atoms with van der Waals surface area (Å²) in [5, 5.41) is 2.70. The van der Waals surface area contributed by atoms with E-state index in [0.29, 0.717) is 36.1 Å². The second kappa shape index (κ2) is 12.3. The number of hydrogen-bond acceptors (Lipinski definition) is 7. The van der Waals surface area contributed by atoms with Gasteiger partial charge in [0.05, 0.1) is 25.9 Å². The minimum Gasteiger partial charge on any atom is -0.493 e. The summed E-state index contributed by atoms with van der Waals surface area (Å²) in [4.78, 5) is 12.4. The Hall–Kier alpha value is -2.98. The van der Waals surface area contributed by atoms with Crippen LogP contribution in [0.4, 0.5) is 5.69 Å². The van der Waals surface area contributed by atoms with E-state index in [4.69, 9.17) is 18.9 Å². The first-order valence-electron chi connectivity index (χ1n) is 10.5. The van der Waals surface area contributed by atoms with Crippen molar-refractivity contribution in [2.45, 2.75) is 32.9 Å². The van der Waals surface area contributed by atoms with E-state index in [0.717, 1.165) is 5.56 Å². The maximum absolute atomic E-state index is 12.4. The molecule has 1 unspecified atom stereocenters. The third-order valence-corrected chi connectivity index (χ3v) is 5.62. The zero-order valence-corrected chi connectivity index (χ0v) is 20.4. The molecule has 0 radical (unpaired) electrons. The number of carbonyl (C=O) groups excluding carboxylic acids is 1.